The van der Waals surface area contributed by atoms with Gasteiger partial charge in [0.2, 0.25) is 0 Å². The van der Waals surface area contributed by atoms with Gasteiger partial charge in [0.15, 0.2) is 0 Å². The molecule has 0 spiro atoms. The molecule has 0 saturated carbocycles. The first-order valence-electron chi connectivity index (χ1n) is 3.09. The zero-order valence-electron chi connectivity index (χ0n) is 6.20. The van der Waals surface area contributed by atoms with Gasteiger partial charge in [-0.15, -0.1) is 10.2 Å². The van der Waals surface area contributed by atoms with Crippen LogP contribution in [0.3, 0.4) is 0 Å². The topological polar surface area (TPSA) is 30.7 Å². The number of aromatic nitrogens is 3. The predicted molar refractivity (Wildman–Crippen MR) is 37.0 cm³/mol. The highest BCUT2D eigenvalue weighted by Gasteiger charge is 1.70. The summed E-state index contributed by atoms with van der Waals surface area (Å²) in [4.78, 5) is 0. The summed E-state index contributed by atoms with van der Waals surface area (Å²) in [6, 6.07) is 0. The molecule has 0 aliphatic rings. The Morgan fingerprint density at radius 2 is 1.56 bits per heavy atom. The highest BCUT2D eigenvalue weighted by atomic mass is 15.2. The molecule has 0 aromatic carbocycles. The Morgan fingerprint density at radius 3 is 1.67 bits per heavy atom. The van der Waals surface area contributed by atoms with E-state index in [0.717, 1.165) is 0 Å². The van der Waals surface area contributed by atoms with Crippen molar-refractivity contribution in [3.8, 4) is 0 Å². The fraction of sp³-hybridized carbons (Fsp3) is 0.667. The van der Waals surface area contributed by atoms with Gasteiger partial charge in [-0.1, -0.05) is 20.3 Å². The van der Waals surface area contributed by atoms with E-state index in [2.05, 4.69) is 24.0 Å². The second-order valence-electron chi connectivity index (χ2n) is 1.83. The molecule has 3 nitrogen and oxygen atoms in total. The van der Waals surface area contributed by atoms with Gasteiger partial charge in [-0.3, -0.25) is 0 Å². The van der Waals surface area contributed by atoms with Crippen LogP contribution in [-0.4, -0.2) is 14.8 Å². The maximum atomic E-state index is 3.53. The number of hydrogen-bond acceptors (Lipinski definition) is 2. The van der Waals surface area contributed by atoms with Gasteiger partial charge in [-0.05, 0) is 0 Å². The lowest BCUT2D eigenvalue weighted by molar-refractivity contribution is 0.910. The quantitative estimate of drug-likeness (QED) is 0.524. The fourth-order valence-corrected chi connectivity index (χ4v) is 0.252. The first-order valence-corrected chi connectivity index (χ1v) is 3.09. The molecule has 0 atom stereocenters. The summed E-state index contributed by atoms with van der Waals surface area (Å²) in [6.07, 6.45) is 4.53. The summed E-state index contributed by atoms with van der Waals surface area (Å²) in [5.41, 5.74) is 0. The minimum Gasteiger partial charge on any atom is -0.323 e. The molecular formula is C6H13N3. The summed E-state index contributed by atoms with van der Waals surface area (Å²) in [6.45, 7) is 4.25. The molecule has 0 fully saturated rings. The van der Waals surface area contributed by atoms with Crippen molar-refractivity contribution in [2.45, 2.75) is 20.3 Å². The van der Waals surface area contributed by atoms with Gasteiger partial charge in [-0.2, -0.15) is 0 Å². The molecular weight excluding hydrogens is 114 g/mol. The summed E-state index contributed by atoms with van der Waals surface area (Å²) < 4.78 is 1.78. The minimum atomic E-state index is 1.25. The van der Waals surface area contributed by atoms with E-state index in [1.165, 1.54) is 6.42 Å². The van der Waals surface area contributed by atoms with Crippen LogP contribution in [0, 0.1) is 0 Å². The molecule has 0 bridgehead atoms. The first kappa shape index (κ1) is 8.14. The highest BCUT2D eigenvalue weighted by Crippen LogP contribution is 1.66. The molecule has 1 aromatic heterocycles. The lowest BCUT2D eigenvalue weighted by atomic mass is 10.6. The molecule has 0 aliphatic heterocycles. The molecule has 0 amide bonds. The van der Waals surface area contributed by atoms with Gasteiger partial charge in [-0.25, -0.2) is 0 Å². The number of nitrogens with zero attached hydrogens (tertiary/aromatic N) is 3. The molecule has 0 radical (unpaired) electrons. The van der Waals surface area contributed by atoms with Crippen LogP contribution in [0.5, 0.6) is 0 Å². The third-order valence-corrected chi connectivity index (χ3v) is 0.534. The Hall–Kier alpha value is -0.860. The van der Waals surface area contributed by atoms with E-state index in [-0.39, 0.29) is 0 Å². The van der Waals surface area contributed by atoms with Gasteiger partial charge in [0.1, 0.15) is 12.7 Å². The van der Waals surface area contributed by atoms with Crippen LogP contribution in [0.25, 0.3) is 0 Å². The third kappa shape index (κ3) is 5.00. The van der Waals surface area contributed by atoms with E-state index in [0.29, 0.717) is 0 Å². The van der Waals surface area contributed by atoms with Crippen LogP contribution < -0.4 is 0 Å². The minimum absolute atomic E-state index is 1.25. The third-order valence-electron chi connectivity index (χ3n) is 0.534. The second kappa shape index (κ2) is 5.28. The normalized spacial score (nSPS) is 7.89. The summed E-state index contributed by atoms with van der Waals surface area (Å²) >= 11 is 0. The molecule has 52 valence electrons. The lowest BCUT2D eigenvalue weighted by Gasteiger charge is -1.74. The number of hydrogen-bond donors (Lipinski definition) is 0. The molecule has 1 heterocycles. The smallest absolute Gasteiger partial charge is 0.119 e. The SMILES string of the molecule is CCC.Cn1cnnc1. The van der Waals surface area contributed by atoms with Crippen molar-refractivity contribution in [2.24, 2.45) is 7.05 Å². The number of aryl methyl sites for hydroxylation is 1. The van der Waals surface area contributed by atoms with Crippen molar-refractivity contribution in [1.82, 2.24) is 14.8 Å². The van der Waals surface area contributed by atoms with E-state index < -0.39 is 0 Å². The van der Waals surface area contributed by atoms with Crippen molar-refractivity contribution in [3.63, 3.8) is 0 Å². The Morgan fingerprint density at radius 1 is 1.22 bits per heavy atom. The summed E-state index contributed by atoms with van der Waals surface area (Å²) in [5, 5.41) is 7.07. The maximum Gasteiger partial charge on any atom is 0.119 e. The van der Waals surface area contributed by atoms with Crippen LogP contribution in [0.15, 0.2) is 12.7 Å². The van der Waals surface area contributed by atoms with Crippen molar-refractivity contribution in [3.05, 3.63) is 12.7 Å². The van der Waals surface area contributed by atoms with Crippen molar-refractivity contribution in [1.29, 1.82) is 0 Å². The second-order valence-corrected chi connectivity index (χ2v) is 1.83. The lowest BCUT2D eigenvalue weighted by Crippen LogP contribution is -1.76. The Bertz CT molecular complexity index is 123. The van der Waals surface area contributed by atoms with Gasteiger partial charge in [0, 0.05) is 7.05 Å². The van der Waals surface area contributed by atoms with Crippen LogP contribution in [0.1, 0.15) is 20.3 Å². The van der Waals surface area contributed by atoms with Gasteiger partial charge in [0.05, 0.1) is 0 Å². The zero-order chi connectivity index (χ0) is 7.11. The van der Waals surface area contributed by atoms with E-state index in [1.807, 2.05) is 7.05 Å². The van der Waals surface area contributed by atoms with E-state index in [9.17, 15) is 0 Å². The molecule has 0 N–H and O–H groups in total. The molecule has 0 aliphatic carbocycles. The fourth-order valence-electron chi connectivity index (χ4n) is 0.252. The Balaban J connectivity index is 0.000000187. The molecule has 9 heavy (non-hydrogen) atoms. The Kier molecular flexibility index (Phi) is 4.78. The Labute approximate surface area is 55.7 Å². The maximum absolute atomic E-state index is 3.53. The largest absolute Gasteiger partial charge is 0.323 e. The van der Waals surface area contributed by atoms with Crippen molar-refractivity contribution < 1.29 is 0 Å². The van der Waals surface area contributed by atoms with Gasteiger partial charge < -0.3 is 4.57 Å². The molecule has 0 unspecified atom stereocenters. The van der Waals surface area contributed by atoms with E-state index in [1.54, 1.807) is 17.2 Å². The van der Waals surface area contributed by atoms with Crippen LogP contribution in [0.4, 0.5) is 0 Å². The van der Waals surface area contributed by atoms with Gasteiger partial charge >= 0.3 is 0 Å². The van der Waals surface area contributed by atoms with Crippen molar-refractivity contribution >= 4 is 0 Å². The monoisotopic (exact) mass is 127 g/mol. The highest BCUT2D eigenvalue weighted by molar-refractivity contribution is 4.52. The van der Waals surface area contributed by atoms with Crippen LogP contribution in [0.2, 0.25) is 0 Å². The summed E-state index contributed by atoms with van der Waals surface area (Å²) in [7, 11) is 1.88. The van der Waals surface area contributed by atoms with Gasteiger partial charge in [0.25, 0.3) is 0 Å². The molecule has 1 aromatic rings. The summed E-state index contributed by atoms with van der Waals surface area (Å²) in [5.74, 6) is 0. The zero-order valence-corrected chi connectivity index (χ0v) is 6.20. The first-order chi connectivity index (χ1) is 4.31. The molecule has 1 rings (SSSR count). The average Bonchev–Trinajstić information content (AvgIpc) is 2.20. The predicted octanol–water partition coefficient (Wildman–Crippen LogP) is 1.23. The molecule has 3 heteroatoms. The van der Waals surface area contributed by atoms with E-state index in [4.69, 9.17) is 0 Å². The van der Waals surface area contributed by atoms with Crippen LogP contribution in [-0.2, 0) is 7.05 Å². The van der Waals surface area contributed by atoms with Crippen LogP contribution >= 0.6 is 0 Å². The van der Waals surface area contributed by atoms with Crippen molar-refractivity contribution in [2.75, 3.05) is 0 Å². The average molecular weight is 127 g/mol. The van der Waals surface area contributed by atoms with E-state index >= 15 is 0 Å². The number of rotatable bonds is 0. The standard InChI is InChI=1S/C3H5N3.C3H8/c1-6-2-4-5-3-6;1-3-2/h2-3H,1H3;3H2,1-2H3. The molecule has 0 saturated heterocycles.